The summed E-state index contributed by atoms with van der Waals surface area (Å²) >= 11 is 9.39. The number of alkyl halides is 2. The van der Waals surface area contributed by atoms with Crippen molar-refractivity contribution in [2.75, 3.05) is 6.61 Å². The highest BCUT2D eigenvalue weighted by Gasteiger charge is 2.37. The number of halogens is 4. The zero-order valence-electron chi connectivity index (χ0n) is 12.0. The summed E-state index contributed by atoms with van der Waals surface area (Å²) in [6.07, 6.45) is 1.59. The largest absolute Gasteiger partial charge is 0.462 e. The zero-order valence-corrected chi connectivity index (χ0v) is 14.4. The molecule has 0 N–H and O–H groups in total. The lowest BCUT2D eigenvalue weighted by molar-refractivity contribution is 0.0388. The molecule has 0 fully saturated rings. The molecule has 0 unspecified atom stereocenters. The normalized spacial score (nSPS) is 11.3. The number of allylic oxidation sites excluding steroid dienone is 1. The van der Waals surface area contributed by atoms with E-state index in [4.69, 9.17) is 16.3 Å². The van der Waals surface area contributed by atoms with Crippen LogP contribution in [0.3, 0.4) is 0 Å². The number of esters is 1. The molecule has 122 valence electrons. The van der Waals surface area contributed by atoms with Crippen molar-refractivity contribution in [3.05, 3.63) is 57.8 Å². The Morgan fingerprint density at radius 1 is 1.57 bits per heavy atom. The van der Waals surface area contributed by atoms with E-state index in [0.717, 1.165) is 4.68 Å². The van der Waals surface area contributed by atoms with Crippen LogP contribution in [0.5, 0.6) is 0 Å². The minimum absolute atomic E-state index is 0.0563. The van der Waals surface area contributed by atoms with Gasteiger partial charge in [-0.25, -0.2) is 9.48 Å². The number of hydrogen-bond acceptors (Lipinski definition) is 3. The SMILES string of the molecule is C=CC(F)(F)c1nn(-c2cccc(Br)c2Cl)cc1C(=O)OCC. The van der Waals surface area contributed by atoms with Crippen LogP contribution in [-0.2, 0) is 10.7 Å². The molecule has 2 rings (SSSR count). The first-order valence-corrected chi connectivity index (χ1v) is 7.72. The number of benzene rings is 1. The van der Waals surface area contributed by atoms with Gasteiger partial charge in [0.2, 0.25) is 0 Å². The molecule has 1 aromatic heterocycles. The van der Waals surface area contributed by atoms with E-state index in [1.807, 2.05) is 0 Å². The fraction of sp³-hybridized carbons (Fsp3) is 0.200. The monoisotopic (exact) mass is 404 g/mol. The second-order valence-corrected chi connectivity index (χ2v) is 5.69. The van der Waals surface area contributed by atoms with Crippen molar-refractivity contribution in [1.82, 2.24) is 9.78 Å². The van der Waals surface area contributed by atoms with Gasteiger partial charge in [0.15, 0.2) is 5.69 Å². The Morgan fingerprint density at radius 2 is 2.26 bits per heavy atom. The van der Waals surface area contributed by atoms with Gasteiger partial charge in [0.1, 0.15) is 5.56 Å². The molecule has 0 aliphatic rings. The second kappa shape index (κ2) is 6.80. The molecule has 2 aromatic rings. The average molecular weight is 406 g/mol. The van der Waals surface area contributed by atoms with E-state index in [-0.39, 0.29) is 17.2 Å². The molecule has 0 saturated carbocycles. The van der Waals surface area contributed by atoms with Crippen molar-refractivity contribution < 1.29 is 18.3 Å². The molecule has 0 spiro atoms. The molecule has 0 aliphatic carbocycles. The minimum Gasteiger partial charge on any atom is -0.462 e. The molecule has 0 saturated heterocycles. The van der Waals surface area contributed by atoms with Crippen LogP contribution in [0, 0.1) is 0 Å². The molecule has 1 heterocycles. The lowest BCUT2D eigenvalue weighted by Gasteiger charge is -2.10. The molecule has 0 atom stereocenters. The number of rotatable bonds is 5. The van der Waals surface area contributed by atoms with Crippen LogP contribution in [0.1, 0.15) is 23.0 Å². The summed E-state index contributed by atoms with van der Waals surface area (Å²) < 4.78 is 34.5. The fourth-order valence-corrected chi connectivity index (χ4v) is 2.44. The number of ether oxygens (including phenoxy) is 1. The highest BCUT2D eigenvalue weighted by molar-refractivity contribution is 9.10. The molecule has 1 aromatic carbocycles. The fourth-order valence-electron chi connectivity index (χ4n) is 1.87. The third-order valence-electron chi connectivity index (χ3n) is 2.96. The lowest BCUT2D eigenvalue weighted by atomic mass is 10.1. The van der Waals surface area contributed by atoms with Crippen LogP contribution < -0.4 is 0 Å². The van der Waals surface area contributed by atoms with Gasteiger partial charge in [0, 0.05) is 10.7 Å². The van der Waals surface area contributed by atoms with Crippen molar-refractivity contribution in [2.24, 2.45) is 0 Å². The Hall–Kier alpha value is -1.73. The van der Waals surface area contributed by atoms with E-state index in [0.29, 0.717) is 16.2 Å². The number of nitrogens with zero attached hydrogens (tertiary/aromatic N) is 2. The lowest BCUT2D eigenvalue weighted by Crippen LogP contribution is -2.16. The highest BCUT2D eigenvalue weighted by Crippen LogP contribution is 2.34. The van der Waals surface area contributed by atoms with E-state index in [1.54, 1.807) is 25.1 Å². The van der Waals surface area contributed by atoms with Gasteiger partial charge in [-0.15, -0.1) is 0 Å². The third kappa shape index (κ3) is 3.45. The predicted octanol–water partition coefficient (Wildman–Crippen LogP) is 4.74. The van der Waals surface area contributed by atoms with E-state index in [9.17, 15) is 13.6 Å². The molecule has 0 radical (unpaired) electrons. The molecular formula is C15H12BrClF2N2O2. The summed E-state index contributed by atoms with van der Waals surface area (Å²) in [5.74, 6) is -4.37. The Morgan fingerprint density at radius 3 is 2.87 bits per heavy atom. The molecular weight excluding hydrogens is 394 g/mol. The van der Waals surface area contributed by atoms with E-state index >= 15 is 0 Å². The van der Waals surface area contributed by atoms with Gasteiger partial charge in [-0.2, -0.15) is 13.9 Å². The van der Waals surface area contributed by atoms with Gasteiger partial charge in [-0.1, -0.05) is 24.2 Å². The van der Waals surface area contributed by atoms with Crippen molar-refractivity contribution in [1.29, 1.82) is 0 Å². The summed E-state index contributed by atoms with van der Waals surface area (Å²) in [4.78, 5) is 11.9. The third-order valence-corrected chi connectivity index (χ3v) is 4.25. The first-order valence-electron chi connectivity index (χ1n) is 6.54. The smallest absolute Gasteiger partial charge is 0.341 e. The van der Waals surface area contributed by atoms with Crippen molar-refractivity contribution in [2.45, 2.75) is 12.8 Å². The summed E-state index contributed by atoms with van der Waals surface area (Å²) in [7, 11) is 0. The molecule has 0 aliphatic heterocycles. The predicted molar refractivity (Wildman–Crippen MR) is 86.3 cm³/mol. The molecule has 8 heteroatoms. The van der Waals surface area contributed by atoms with Crippen LogP contribution >= 0.6 is 27.5 Å². The number of carbonyl (C=O) groups excluding carboxylic acids is 1. The Balaban J connectivity index is 2.64. The van der Waals surface area contributed by atoms with Crippen LogP contribution in [-0.4, -0.2) is 22.4 Å². The summed E-state index contributed by atoms with van der Waals surface area (Å²) in [5.41, 5.74) is -0.729. The van der Waals surface area contributed by atoms with Gasteiger partial charge in [0.25, 0.3) is 0 Å². The Labute approximate surface area is 144 Å². The number of hydrogen-bond donors (Lipinski definition) is 0. The summed E-state index contributed by atoms with van der Waals surface area (Å²) in [6.45, 7) is 4.72. The van der Waals surface area contributed by atoms with E-state index in [2.05, 4.69) is 27.6 Å². The second-order valence-electron chi connectivity index (χ2n) is 4.46. The first-order chi connectivity index (χ1) is 10.8. The van der Waals surface area contributed by atoms with Crippen molar-refractivity contribution in [3.8, 4) is 5.69 Å². The average Bonchev–Trinajstić information content (AvgIpc) is 2.96. The van der Waals surface area contributed by atoms with Crippen molar-refractivity contribution >= 4 is 33.5 Å². The topological polar surface area (TPSA) is 44.1 Å². The van der Waals surface area contributed by atoms with Gasteiger partial charge >= 0.3 is 11.9 Å². The number of carbonyl (C=O) groups is 1. The highest BCUT2D eigenvalue weighted by atomic mass is 79.9. The summed E-state index contributed by atoms with van der Waals surface area (Å²) in [5, 5.41) is 4.09. The van der Waals surface area contributed by atoms with Gasteiger partial charge in [-0.3, -0.25) is 0 Å². The standard InChI is InChI=1S/C15H12BrClF2N2O2/c1-3-15(18,19)13-9(14(22)23-4-2)8-21(20-13)11-7-5-6-10(16)12(11)17/h3,5-8H,1,4H2,2H3. The zero-order chi connectivity index (χ0) is 17.2. The molecule has 23 heavy (non-hydrogen) atoms. The van der Waals surface area contributed by atoms with Gasteiger partial charge < -0.3 is 4.74 Å². The molecule has 0 amide bonds. The van der Waals surface area contributed by atoms with Crippen LogP contribution in [0.15, 0.2) is 41.5 Å². The van der Waals surface area contributed by atoms with Crippen molar-refractivity contribution in [3.63, 3.8) is 0 Å². The summed E-state index contributed by atoms with van der Waals surface area (Å²) in [6, 6.07) is 4.95. The quantitative estimate of drug-likeness (QED) is 0.533. The number of aromatic nitrogens is 2. The van der Waals surface area contributed by atoms with Crippen LogP contribution in [0.25, 0.3) is 5.69 Å². The van der Waals surface area contributed by atoms with E-state index < -0.39 is 17.6 Å². The van der Waals surface area contributed by atoms with E-state index in [1.165, 1.54) is 6.20 Å². The maximum atomic E-state index is 14.0. The Bertz CT molecular complexity index is 762. The molecule has 0 bridgehead atoms. The molecule has 4 nitrogen and oxygen atoms in total. The maximum Gasteiger partial charge on any atom is 0.341 e. The van der Waals surface area contributed by atoms with Gasteiger partial charge in [0.05, 0.1) is 17.3 Å². The first kappa shape index (κ1) is 17.6. The maximum absolute atomic E-state index is 14.0. The van der Waals surface area contributed by atoms with Gasteiger partial charge in [-0.05, 0) is 41.1 Å². The van der Waals surface area contributed by atoms with Crippen LogP contribution in [0.4, 0.5) is 8.78 Å². The minimum atomic E-state index is -3.48. The Kier molecular flexibility index (Phi) is 5.21. The van der Waals surface area contributed by atoms with Crippen LogP contribution in [0.2, 0.25) is 5.02 Å².